The molecule has 0 radical (unpaired) electrons. The van der Waals surface area contributed by atoms with Crippen molar-refractivity contribution in [3.8, 4) is 0 Å². The predicted octanol–water partition coefficient (Wildman–Crippen LogP) is 4.87. The fraction of sp³-hybridized carbons (Fsp3) is 0.684. The summed E-state index contributed by atoms with van der Waals surface area (Å²) in [6.45, 7) is 7.27. The Morgan fingerprint density at radius 2 is 1.85 bits per heavy atom. The number of benzene rings is 1. The number of rotatable bonds is 3. The van der Waals surface area contributed by atoms with Crippen LogP contribution in [-0.4, -0.2) is 6.04 Å². The van der Waals surface area contributed by atoms with Crippen LogP contribution in [-0.2, 0) is 6.42 Å². The quantitative estimate of drug-likeness (QED) is 0.827. The number of fused-ring (bicyclic) bond motifs is 1. The molecule has 20 heavy (non-hydrogen) atoms. The molecule has 0 aliphatic heterocycles. The summed E-state index contributed by atoms with van der Waals surface area (Å²) < 4.78 is 0. The maximum atomic E-state index is 4.01. The Morgan fingerprint density at radius 1 is 1.15 bits per heavy atom. The summed E-state index contributed by atoms with van der Waals surface area (Å²) in [5.74, 6) is 0.889. The zero-order chi connectivity index (χ0) is 14.2. The SMILES string of the molecule is CC(NC1c2ccccc2CCC1(C)C)C1CCCC1. The summed E-state index contributed by atoms with van der Waals surface area (Å²) in [4.78, 5) is 0. The highest BCUT2D eigenvalue weighted by molar-refractivity contribution is 5.34. The zero-order valence-corrected chi connectivity index (χ0v) is 13.3. The Hall–Kier alpha value is -0.820. The highest BCUT2D eigenvalue weighted by Gasteiger charge is 2.37. The predicted molar refractivity (Wildman–Crippen MR) is 85.8 cm³/mol. The van der Waals surface area contributed by atoms with E-state index in [-0.39, 0.29) is 0 Å². The Labute approximate surface area is 124 Å². The topological polar surface area (TPSA) is 12.0 Å². The minimum Gasteiger partial charge on any atom is -0.307 e. The normalized spacial score (nSPS) is 27.2. The lowest BCUT2D eigenvalue weighted by molar-refractivity contribution is 0.180. The minimum atomic E-state index is 0.362. The molecule has 0 heterocycles. The lowest BCUT2D eigenvalue weighted by Gasteiger charge is -2.43. The van der Waals surface area contributed by atoms with Crippen LogP contribution in [0.1, 0.15) is 70.0 Å². The van der Waals surface area contributed by atoms with Crippen LogP contribution < -0.4 is 5.32 Å². The van der Waals surface area contributed by atoms with E-state index in [1.54, 1.807) is 11.1 Å². The summed E-state index contributed by atoms with van der Waals surface area (Å²) in [6.07, 6.45) is 8.23. The summed E-state index contributed by atoms with van der Waals surface area (Å²) in [6, 6.07) is 10.2. The van der Waals surface area contributed by atoms with E-state index in [0.717, 1.165) is 5.92 Å². The molecule has 1 aromatic carbocycles. The van der Waals surface area contributed by atoms with Gasteiger partial charge in [0.2, 0.25) is 0 Å². The number of aryl methyl sites for hydroxylation is 1. The van der Waals surface area contributed by atoms with Crippen molar-refractivity contribution in [2.45, 2.75) is 71.4 Å². The van der Waals surface area contributed by atoms with Gasteiger partial charge in [-0.05, 0) is 55.1 Å². The van der Waals surface area contributed by atoms with Gasteiger partial charge in [0.1, 0.15) is 0 Å². The molecule has 0 aromatic heterocycles. The average molecular weight is 271 g/mol. The molecule has 2 atom stereocenters. The van der Waals surface area contributed by atoms with Gasteiger partial charge in [0.05, 0.1) is 0 Å². The van der Waals surface area contributed by atoms with Crippen molar-refractivity contribution in [1.29, 1.82) is 0 Å². The van der Waals surface area contributed by atoms with Gasteiger partial charge in [-0.2, -0.15) is 0 Å². The van der Waals surface area contributed by atoms with Crippen LogP contribution in [0.2, 0.25) is 0 Å². The van der Waals surface area contributed by atoms with E-state index in [1.807, 2.05) is 0 Å². The molecule has 1 heteroatoms. The minimum absolute atomic E-state index is 0.362. The fourth-order valence-electron chi connectivity index (χ4n) is 4.24. The first-order chi connectivity index (χ1) is 9.58. The van der Waals surface area contributed by atoms with E-state index in [2.05, 4.69) is 50.4 Å². The van der Waals surface area contributed by atoms with Crippen molar-refractivity contribution < 1.29 is 0 Å². The molecular weight excluding hydrogens is 242 g/mol. The molecule has 3 rings (SSSR count). The molecule has 110 valence electrons. The van der Waals surface area contributed by atoms with Crippen LogP contribution in [0.15, 0.2) is 24.3 Å². The van der Waals surface area contributed by atoms with Crippen LogP contribution in [0.5, 0.6) is 0 Å². The van der Waals surface area contributed by atoms with Crippen LogP contribution in [0.4, 0.5) is 0 Å². The van der Waals surface area contributed by atoms with Crippen molar-refractivity contribution in [1.82, 2.24) is 5.32 Å². The van der Waals surface area contributed by atoms with Gasteiger partial charge in [-0.1, -0.05) is 51.0 Å². The lowest BCUT2D eigenvalue weighted by Crippen LogP contribution is -2.44. The second kappa shape index (κ2) is 5.52. The van der Waals surface area contributed by atoms with E-state index in [0.29, 0.717) is 17.5 Å². The number of nitrogens with one attached hydrogen (secondary N) is 1. The molecule has 0 bridgehead atoms. The highest BCUT2D eigenvalue weighted by Crippen LogP contribution is 2.44. The van der Waals surface area contributed by atoms with Crippen molar-refractivity contribution in [3.63, 3.8) is 0 Å². The molecule has 1 N–H and O–H groups in total. The third kappa shape index (κ3) is 2.65. The summed E-state index contributed by atoms with van der Waals surface area (Å²) >= 11 is 0. The maximum Gasteiger partial charge on any atom is 0.0376 e. The van der Waals surface area contributed by atoms with Gasteiger partial charge in [0, 0.05) is 12.1 Å². The summed E-state index contributed by atoms with van der Waals surface area (Å²) in [5.41, 5.74) is 3.47. The Balaban J connectivity index is 1.82. The monoisotopic (exact) mass is 271 g/mol. The molecule has 2 aliphatic rings. The smallest absolute Gasteiger partial charge is 0.0376 e. The Bertz CT molecular complexity index is 457. The van der Waals surface area contributed by atoms with Crippen LogP contribution >= 0.6 is 0 Å². The third-order valence-corrected chi connectivity index (χ3v) is 5.72. The van der Waals surface area contributed by atoms with E-state index < -0.39 is 0 Å². The van der Waals surface area contributed by atoms with Crippen molar-refractivity contribution in [3.05, 3.63) is 35.4 Å². The first kappa shape index (κ1) is 14.1. The molecule has 2 aliphatic carbocycles. The van der Waals surface area contributed by atoms with Gasteiger partial charge in [-0.3, -0.25) is 0 Å². The first-order valence-corrected chi connectivity index (χ1v) is 8.42. The first-order valence-electron chi connectivity index (χ1n) is 8.42. The molecule has 0 saturated heterocycles. The van der Waals surface area contributed by atoms with Gasteiger partial charge in [-0.25, -0.2) is 0 Å². The molecule has 0 spiro atoms. The maximum absolute atomic E-state index is 4.01. The Kier molecular flexibility index (Phi) is 3.90. The summed E-state index contributed by atoms with van der Waals surface area (Å²) in [7, 11) is 0. The van der Waals surface area contributed by atoms with Gasteiger partial charge >= 0.3 is 0 Å². The van der Waals surface area contributed by atoms with E-state index >= 15 is 0 Å². The molecular formula is C19H29N. The van der Waals surface area contributed by atoms with Gasteiger partial charge < -0.3 is 5.32 Å². The highest BCUT2D eigenvalue weighted by atomic mass is 15.0. The lowest BCUT2D eigenvalue weighted by atomic mass is 9.70. The standard InChI is InChI=1S/C19H29N/c1-14(15-8-4-5-9-15)20-18-17-11-7-6-10-16(17)12-13-19(18,2)3/h6-7,10-11,14-15,18,20H,4-5,8-9,12-13H2,1-3H3. The third-order valence-electron chi connectivity index (χ3n) is 5.72. The number of hydrogen-bond donors (Lipinski definition) is 1. The van der Waals surface area contributed by atoms with Crippen molar-refractivity contribution in [2.24, 2.45) is 11.3 Å². The van der Waals surface area contributed by atoms with Crippen LogP contribution in [0.3, 0.4) is 0 Å². The van der Waals surface area contributed by atoms with Crippen molar-refractivity contribution in [2.75, 3.05) is 0 Å². The molecule has 1 nitrogen and oxygen atoms in total. The average Bonchev–Trinajstić information content (AvgIpc) is 2.96. The Morgan fingerprint density at radius 3 is 2.60 bits per heavy atom. The van der Waals surface area contributed by atoms with Crippen LogP contribution in [0.25, 0.3) is 0 Å². The number of hydrogen-bond acceptors (Lipinski definition) is 1. The van der Waals surface area contributed by atoms with Gasteiger partial charge in [0.25, 0.3) is 0 Å². The van der Waals surface area contributed by atoms with Gasteiger partial charge in [0.15, 0.2) is 0 Å². The van der Waals surface area contributed by atoms with E-state index in [1.165, 1.54) is 38.5 Å². The fourth-order valence-corrected chi connectivity index (χ4v) is 4.24. The van der Waals surface area contributed by atoms with Crippen LogP contribution in [0, 0.1) is 11.3 Å². The second-order valence-corrected chi connectivity index (χ2v) is 7.62. The molecule has 0 amide bonds. The summed E-state index contributed by atoms with van der Waals surface area (Å²) in [5, 5.41) is 4.01. The molecule has 1 aromatic rings. The van der Waals surface area contributed by atoms with Gasteiger partial charge in [-0.15, -0.1) is 0 Å². The zero-order valence-electron chi connectivity index (χ0n) is 13.3. The van der Waals surface area contributed by atoms with E-state index in [4.69, 9.17) is 0 Å². The largest absolute Gasteiger partial charge is 0.307 e. The molecule has 1 saturated carbocycles. The van der Waals surface area contributed by atoms with Crippen molar-refractivity contribution >= 4 is 0 Å². The molecule has 2 unspecified atom stereocenters. The second-order valence-electron chi connectivity index (χ2n) is 7.62. The van der Waals surface area contributed by atoms with E-state index in [9.17, 15) is 0 Å². The molecule has 1 fully saturated rings.